The summed E-state index contributed by atoms with van der Waals surface area (Å²) in [5.41, 5.74) is 2.87. The summed E-state index contributed by atoms with van der Waals surface area (Å²) in [6.45, 7) is 1.32. The van der Waals surface area contributed by atoms with Crippen LogP contribution >= 0.6 is 0 Å². The highest BCUT2D eigenvalue weighted by Gasteiger charge is 2.21. The van der Waals surface area contributed by atoms with Crippen LogP contribution in [0.5, 0.6) is 0 Å². The fraction of sp³-hybridized carbons (Fsp3) is 0.250. The molecule has 1 heterocycles. The van der Waals surface area contributed by atoms with E-state index in [9.17, 15) is 4.79 Å². The molecule has 0 bridgehead atoms. The Kier molecular flexibility index (Phi) is 2.83. The lowest BCUT2D eigenvalue weighted by Crippen LogP contribution is -2.13. The second-order valence-corrected chi connectivity index (χ2v) is 3.42. The minimum Gasteiger partial charge on any atom is -0.466 e. The van der Waals surface area contributed by atoms with Gasteiger partial charge < -0.3 is 10.1 Å². The Morgan fingerprint density at radius 3 is 2.67 bits per heavy atom. The molecule has 0 unspecified atom stereocenters. The van der Waals surface area contributed by atoms with Crippen LogP contribution in [0, 0.1) is 0 Å². The number of rotatable bonds is 2. The Labute approximate surface area is 88.8 Å². The van der Waals surface area contributed by atoms with Crippen LogP contribution in [0.4, 0.5) is 0 Å². The molecule has 78 valence electrons. The number of carbonyl (C=O) groups excluding carboxylic acids is 1. The molecular weight excluding hydrogens is 190 g/mol. The SMILES string of the molecule is COC(=O)C1=C(c2ccccc2)CNC1. The topological polar surface area (TPSA) is 38.3 Å². The summed E-state index contributed by atoms with van der Waals surface area (Å²) >= 11 is 0. The first-order valence-electron chi connectivity index (χ1n) is 4.89. The number of hydrogen-bond acceptors (Lipinski definition) is 3. The van der Waals surface area contributed by atoms with E-state index in [1.165, 1.54) is 7.11 Å². The zero-order valence-electron chi connectivity index (χ0n) is 8.62. The molecule has 0 saturated carbocycles. The minimum atomic E-state index is -0.237. The van der Waals surface area contributed by atoms with Crippen LogP contribution in [0.25, 0.3) is 5.57 Å². The van der Waals surface area contributed by atoms with Crippen molar-refractivity contribution in [2.45, 2.75) is 0 Å². The predicted molar refractivity (Wildman–Crippen MR) is 58.2 cm³/mol. The molecule has 1 aliphatic rings. The third-order valence-electron chi connectivity index (χ3n) is 2.52. The van der Waals surface area contributed by atoms with Crippen LogP contribution in [-0.4, -0.2) is 26.2 Å². The summed E-state index contributed by atoms with van der Waals surface area (Å²) in [6.07, 6.45) is 0. The molecule has 1 aromatic carbocycles. The maximum absolute atomic E-state index is 11.5. The van der Waals surface area contributed by atoms with Crippen molar-refractivity contribution in [2.24, 2.45) is 0 Å². The Bertz CT molecular complexity index is 395. The molecule has 1 N–H and O–H groups in total. The summed E-state index contributed by atoms with van der Waals surface area (Å²) in [5.74, 6) is -0.237. The van der Waals surface area contributed by atoms with Crippen LogP contribution in [0.2, 0.25) is 0 Å². The largest absolute Gasteiger partial charge is 0.466 e. The monoisotopic (exact) mass is 203 g/mol. The van der Waals surface area contributed by atoms with Gasteiger partial charge in [-0.05, 0) is 11.1 Å². The van der Waals surface area contributed by atoms with Gasteiger partial charge >= 0.3 is 5.97 Å². The second-order valence-electron chi connectivity index (χ2n) is 3.42. The van der Waals surface area contributed by atoms with Gasteiger partial charge in [0, 0.05) is 13.1 Å². The van der Waals surface area contributed by atoms with Gasteiger partial charge in [0.25, 0.3) is 0 Å². The molecule has 0 amide bonds. The van der Waals surface area contributed by atoms with Gasteiger partial charge in [0.15, 0.2) is 0 Å². The zero-order chi connectivity index (χ0) is 10.7. The van der Waals surface area contributed by atoms with Crippen molar-refractivity contribution >= 4 is 11.5 Å². The van der Waals surface area contributed by atoms with E-state index in [0.29, 0.717) is 6.54 Å². The summed E-state index contributed by atoms with van der Waals surface area (Å²) in [7, 11) is 1.41. The number of ether oxygens (including phenoxy) is 1. The maximum Gasteiger partial charge on any atom is 0.335 e. The molecule has 0 aromatic heterocycles. The lowest BCUT2D eigenvalue weighted by molar-refractivity contribution is -0.136. The first-order chi connectivity index (χ1) is 7.33. The minimum absolute atomic E-state index is 0.237. The number of methoxy groups -OCH3 is 1. The Morgan fingerprint density at radius 2 is 2.00 bits per heavy atom. The van der Waals surface area contributed by atoms with Crippen LogP contribution < -0.4 is 5.32 Å². The van der Waals surface area contributed by atoms with E-state index in [-0.39, 0.29) is 5.97 Å². The average molecular weight is 203 g/mol. The fourth-order valence-electron chi connectivity index (χ4n) is 1.76. The number of carbonyl (C=O) groups is 1. The van der Waals surface area contributed by atoms with Gasteiger partial charge in [-0.15, -0.1) is 0 Å². The van der Waals surface area contributed by atoms with Gasteiger partial charge in [0.05, 0.1) is 12.7 Å². The fourth-order valence-corrected chi connectivity index (χ4v) is 1.76. The number of benzene rings is 1. The first kappa shape index (κ1) is 9.93. The Hall–Kier alpha value is -1.61. The average Bonchev–Trinajstić information content (AvgIpc) is 2.78. The van der Waals surface area contributed by atoms with Gasteiger partial charge in [0.2, 0.25) is 0 Å². The van der Waals surface area contributed by atoms with E-state index in [0.717, 1.165) is 23.3 Å². The lowest BCUT2D eigenvalue weighted by Gasteiger charge is -2.04. The molecule has 0 atom stereocenters. The molecule has 0 fully saturated rings. The zero-order valence-corrected chi connectivity index (χ0v) is 8.62. The molecule has 1 aliphatic heterocycles. The quantitative estimate of drug-likeness (QED) is 0.734. The molecule has 3 heteroatoms. The second kappa shape index (κ2) is 4.28. The van der Waals surface area contributed by atoms with Gasteiger partial charge in [-0.2, -0.15) is 0 Å². The van der Waals surface area contributed by atoms with Gasteiger partial charge in [-0.25, -0.2) is 4.79 Å². The molecule has 0 spiro atoms. The molecule has 0 saturated heterocycles. The number of esters is 1. The van der Waals surface area contributed by atoms with Crippen molar-refractivity contribution in [3.63, 3.8) is 0 Å². The van der Waals surface area contributed by atoms with Gasteiger partial charge in [-0.3, -0.25) is 0 Å². The van der Waals surface area contributed by atoms with Crippen molar-refractivity contribution in [1.29, 1.82) is 0 Å². The molecule has 0 radical (unpaired) electrons. The smallest absolute Gasteiger partial charge is 0.335 e. The first-order valence-corrected chi connectivity index (χ1v) is 4.89. The molecular formula is C12H13NO2. The van der Waals surface area contributed by atoms with Gasteiger partial charge in [0.1, 0.15) is 0 Å². The highest BCUT2D eigenvalue weighted by Crippen LogP contribution is 2.22. The van der Waals surface area contributed by atoms with Crippen molar-refractivity contribution in [3.05, 3.63) is 41.5 Å². The van der Waals surface area contributed by atoms with E-state index < -0.39 is 0 Å². The van der Waals surface area contributed by atoms with E-state index in [2.05, 4.69) is 5.32 Å². The van der Waals surface area contributed by atoms with E-state index in [1.54, 1.807) is 0 Å². The highest BCUT2D eigenvalue weighted by molar-refractivity contribution is 5.99. The molecule has 2 rings (SSSR count). The van der Waals surface area contributed by atoms with Crippen LogP contribution in [-0.2, 0) is 9.53 Å². The Balaban J connectivity index is 2.38. The summed E-state index contributed by atoms with van der Waals surface area (Å²) in [4.78, 5) is 11.5. The number of nitrogens with one attached hydrogen (secondary N) is 1. The predicted octanol–water partition coefficient (Wildman–Crippen LogP) is 1.22. The maximum atomic E-state index is 11.5. The Morgan fingerprint density at radius 1 is 1.27 bits per heavy atom. The third-order valence-corrected chi connectivity index (χ3v) is 2.52. The van der Waals surface area contributed by atoms with E-state index >= 15 is 0 Å². The highest BCUT2D eigenvalue weighted by atomic mass is 16.5. The third kappa shape index (κ3) is 1.92. The van der Waals surface area contributed by atoms with Crippen molar-refractivity contribution < 1.29 is 9.53 Å². The van der Waals surface area contributed by atoms with Crippen LogP contribution in [0.1, 0.15) is 5.56 Å². The van der Waals surface area contributed by atoms with Crippen LogP contribution in [0.3, 0.4) is 0 Å². The van der Waals surface area contributed by atoms with E-state index in [1.807, 2.05) is 30.3 Å². The summed E-state index contributed by atoms with van der Waals surface area (Å²) in [5, 5.41) is 3.16. The van der Waals surface area contributed by atoms with Crippen molar-refractivity contribution in [1.82, 2.24) is 5.32 Å². The molecule has 1 aromatic rings. The normalized spacial score (nSPS) is 15.5. The summed E-state index contributed by atoms with van der Waals surface area (Å²) < 4.78 is 4.75. The van der Waals surface area contributed by atoms with Crippen LogP contribution in [0.15, 0.2) is 35.9 Å². The number of hydrogen-bond donors (Lipinski definition) is 1. The van der Waals surface area contributed by atoms with Crippen molar-refractivity contribution in [2.75, 3.05) is 20.2 Å². The van der Waals surface area contributed by atoms with Crippen molar-refractivity contribution in [3.8, 4) is 0 Å². The molecule has 15 heavy (non-hydrogen) atoms. The molecule has 3 nitrogen and oxygen atoms in total. The van der Waals surface area contributed by atoms with E-state index in [4.69, 9.17) is 4.74 Å². The summed E-state index contributed by atoms with van der Waals surface area (Å²) in [6, 6.07) is 9.91. The van der Waals surface area contributed by atoms with Gasteiger partial charge in [-0.1, -0.05) is 30.3 Å². The molecule has 0 aliphatic carbocycles. The lowest BCUT2D eigenvalue weighted by atomic mass is 10.0. The standard InChI is InChI=1S/C12H13NO2/c1-15-12(14)11-8-13-7-10(11)9-5-3-2-4-6-9/h2-6,13H,7-8H2,1H3.